The average Bonchev–Trinajstić information content (AvgIpc) is 2.39. The van der Waals surface area contributed by atoms with Crippen LogP contribution in [0.1, 0.15) is 35.8 Å². The van der Waals surface area contributed by atoms with Gasteiger partial charge in [-0.2, -0.15) is 0 Å². The Hall–Kier alpha value is -1.42. The fraction of sp³-hybridized carbons (Fsp3) is 0.571. The monoisotopic (exact) mass is 247 g/mol. The van der Waals surface area contributed by atoms with Crippen LogP contribution >= 0.6 is 0 Å². The van der Waals surface area contributed by atoms with Crippen molar-refractivity contribution in [2.75, 3.05) is 33.2 Å². The third-order valence-electron chi connectivity index (χ3n) is 3.42. The van der Waals surface area contributed by atoms with Crippen molar-refractivity contribution in [3.63, 3.8) is 0 Å². The number of carbonyl (C=O) groups is 1. The number of rotatable bonds is 2. The second-order valence-corrected chi connectivity index (χ2v) is 5.22. The van der Waals surface area contributed by atoms with E-state index >= 15 is 0 Å². The zero-order valence-corrected chi connectivity index (χ0v) is 11.4. The van der Waals surface area contributed by atoms with Gasteiger partial charge in [0.1, 0.15) is 0 Å². The standard InChI is InChI=1S/C14H21N3O/c1-11(2)13-5-4-12(10-15-13)14(18)17-8-6-16(3)7-9-17/h4-5,10-11H,6-9H2,1-3H3. The van der Waals surface area contributed by atoms with Crippen LogP contribution in [-0.4, -0.2) is 53.9 Å². The first kappa shape index (κ1) is 13.0. The summed E-state index contributed by atoms with van der Waals surface area (Å²) in [6.45, 7) is 7.71. The Bertz CT molecular complexity index is 406. The van der Waals surface area contributed by atoms with Crippen molar-refractivity contribution in [3.8, 4) is 0 Å². The van der Waals surface area contributed by atoms with Crippen LogP contribution in [0.5, 0.6) is 0 Å². The summed E-state index contributed by atoms with van der Waals surface area (Å²) >= 11 is 0. The molecule has 1 amide bonds. The van der Waals surface area contributed by atoms with Gasteiger partial charge >= 0.3 is 0 Å². The van der Waals surface area contributed by atoms with Gasteiger partial charge in [-0.1, -0.05) is 13.8 Å². The molecule has 18 heavy (non-hydrogen) atoms. The predicted octanol–water partition coefficient (Wildman–Crippen LogP) is 1.59. The first-order valence-corrected chi connectivity index (χ1v) is 6.51. The number of nitrogens with zero attached hydrogens (tertiary/aromatic N) is 3. The van der Waals surface area contributed by atoms with Crippen molar-refractivity contribution in [2.24, 2.45) is 0 Å². The highest BCUT2D eigenvalue weighted by atomic mass is 16.2. The number of hydrogen-bond donors (Lipinski definition) is 0. The van der Waals surface area contributed by atoms with Gasteiger partial charge in [0.05, 0.1) is 5.56 Å². The maximum atomic E-state index is 12.3. The summed E-state index contributed by atoms with van der Waals surface area (Å²) in [4.78, 5) is 20.8. The minimum absolute atomic E-state index is 0.103. The lowest BCUT2D eigenvalue weighted by molar-refractivity contribution is 0.0663. The van der Waals surface area contributed by atoms with Gasteiger partial charge in [-0.05, 0) is 25.1 Å². The molecule has 0 aromatic carbocycles. The van der Waals surface area contributed by atoms with Gasteiger partial charge in [0, 0.05) is 38.1 Å². The minimum atomic E-state index is 0.103. The van der Waals surface area contributed by atoms with E-state index in [1.165, 1.54) is 0 Å². The Kier molecular flexibility index (Phi) is 3.97. The van der Waals surface area contributed by atoms with Crippen LogP contribution in [0.3, 0.4) is 0 Å². The Labute approximate surface area is 109 Å². The van der Waals surface area contributed by atoms with Gasteiger partial charge in [-0.15, -0.1) is 0 Å². The minimum Gasteiger partial charge on any atom is -0.336 e. The Morgan fingerprint density at radius 1 is 1.22 bits per heavy atom. The summed E-state index contributed by atoms with van der Waals surface area (Å²) < 4.78 is 0. The molecule has 1 aromatic rings. The Morgan fingerprint density at radius 2 is 1.89 bits per heavy atom. The van der Waals surface area contributed by atoms with E-state index in [0.29, 0.717) is 11.5 Å². The molecule has 1 aromatic heterocycles. The Balaban J connectivity index is 2.04. The molecule has 1 aliphatic rings. The summed E-state index contributed by atoms with van der Waals surface area (Å²) in [5, 5.41) is 0. The zero-order valence-electron chi connectivity index (χ0n) is 11.4. The molecule has 0 atom stereocenters. The maximum Gasteiger partial charge on any atom is 0.255 e. The molecular formula is C14H21N3O. The number of carbonyl (C=O) groups excluding carboxylic acids is 1. The van der Waals surface area contributed by atoms with E-state index in [9.17, 15) is 4.79 Å². The molecule has 1 fully saturated rings. The third-order valence-corrected chi connectivity index (χ3v) is 3.42. The van der Waals surface area contributed by atoms with Gasteiger partial charge in [0.2, 0.25) is 0 Å². The fourth-order valence-corrected chi connectivity index (χ4v) is 2.07. The largest absolute Gasteiger partial charge is 0.336 e. The summed E-state index contributed by atoms with van der Waals surface area (Å²) in [5.41, 5.74) is 1.73. The molecule has 98 valence electrons. The van der Waals surface area contributed by atoms with E-state index < -0.39 is 0 Å². The number of hydrogen-bond acceptors (Lipinski definition) is 3. The van der Waals surface area contributed by atoms with E-state index in [2.05, 4.69) is 30.8 Å². The van der Waals surface area contributed by atoms with Crippen LogP contribution in [0.4, 0.5) is 0 Å². The normalized spacial score (nSPS) is 17.2. The van der Waals surface area contributed by atoms with Crippen LogP contribution in [0, 0.1) is 0 Å². The van der Waals surface area contributed by atoms with Gasteiger partial charge in [-0.25, -0.2) is 0 Å². The number of piperazine rings is 1. The molecule has 1 aliphatic heterocycles. The molecule has 1 saturated heterocycles. The molecule has 0 bridgehead atoms. The maximum absolute atomic E-state index is 12.3. The van der Waals surface area contributed by atoms with Gasteiger partial charge in [0.25, 0.3) is 5.91 Å². The average molecular weight is 247 g/mol. The first-order valence-electron chi connectivity index (χ1n) is 6.51. The second-order valence-electron chi connectivity index (χ2n) is 5.22. The molecule has 0 unspecified atom stereocenters. The molecule has 0 aliphatic carbocycles. The van der Waals surface area contributed by atoms with Crippen molar-refractivity contribution in [1.29, 1.82) is 0 Å². The number of aromatic nitrogens is 1. The molecule has 0 saturated carbocycles. The molecule has 4 heteroatoms. The van der Waals surface area contributed by atoms with Gasteiger partial charge < -0.3 is 9.80 Å². The molecule has 2 heterocycles. The van der Waals surface area contributed by atoms with E-state index in [-0.39, 0.29) is 5.91 Å². The van der Waals surface area contributed by atoms with Crippen molar-refractivity contribution in [3.05, 3.63) is 29.6 Å². The molecule has 0 N–H and O–H groups in total. The van der Waals surface area contributed by atoms with Gasteiger partial charge in [0.15, 0.2) is 0 Å². The van der Waals surface area contributed by atoms with Crippen LogP contribution in [0.2, 0.25) is 0 Å². The predicted molar refractivity (Wildman–Crippen MR) is 71.7 cm³/mol. The van der Waals surface area contributed by atoms with Crippen LogP contribution in [-0.2, 0) is 0 Å². The topological polar surface area (TPSA) is 36.4 Å². The number of amides is 1. The summed E-state index contributed by atoms with van der Waals surface area (Å²) in [5.74, 6) is 0.503. The van der Waals surface area contributed by atoms with Crippen molar-refractivity contribution in [1.82, 2.24) is 14.8 Å². The summed E-state index contributed by atoms with van der Waals surface area (Å²) in [6.07, 6.45) is 1.70. The molecule has 0 spiro atoms. The highest BCUT2D eigenvalue weighted by Crippen LogP contribution is 2.13. The van der Waals surface area contributed by atoms with Crippen molar-refractivity contribution in [2.45, 2.75) is 19.8 Å². The van der Waals surface area contributed by atoms with E-state index in [1.807, 2.05) is 17.0 Å². The molecule has 4 nitrogen and oxygen atoms in total. The third kappa shape index (κ3) is 2.88. The molecular weight excluding hydrogens is 226 g/mol. The SMILES string of the molecule is CC(C)c1ccc(C(=O)N2CCN(C)CC2)cn1. The Morgan fingerprint density at radius 3 is 2.39 bits per heavy atom. The number of likely N-dealkylation sites (N-methyl/N-ethyl adjacent to an activating group) is 1. The number of pyridine rings is 1. The fourth-order valence-electron chi connectivity index (χ4n) is 2.07. The van der Waals surface area contributed by atoms with Crippen molar-refractivity contribution < 1.29 is 4.79 Å². The lowest BCUT2D eigenvalue weighted by Gasteiger charge is -2.32. The quantitative estimate of drug-likeness (QED) is 0.796. The van der Waals surface area contributed by atoms with Crippen LogP contribution in [0.15, 0.2) is 18.3 Å². The van der Waals surface area contributed by atoms with E-state index in [0.717, 1.165) is 31.9 Å². The summed E-state index contributed by atoms with van der Waals surface area (Å²) in [7, 11) is 2.08. The lowest BCUT2D eigenvalue weighted by atomic mass is 10.1. The first-order chi connectivity index (χ1) is 8.58. The smallest absolute Gasteiger partial charge is 0.255 e. The summed E-state index contributed by atoms with van der Waals surface area (Å²) in [6, 6.07) is 3.84. The van der Waals surface area contributed by atoms with Crippen LogP contribution < -0.4 is 0 Å². The zero-order chi connectivity index (χ0) is 13.1. The van der Waals surface area contributed by atoms with E-state index in [4.69, 9.17) is 0 Å². The lowest BCUT2D eigenvalue weighted by Crippen LogP contribution is -2.47. The van der Waals surface area contributed by atoms with Crippen molar-refractivity contribution >= 4 is 5.91 Å². The van der Waals surface area contributed by atoms with Crippen LogP contribution in [0.25, 0.3) is 0 Å². The molecule has 2 rings (SSSR count). The van der Waals surface area contributed by atoms with Gasteiger partial charge in [-0.3, -0.25) is 9.78 Å². The van der Waals surface area contributed by atoms with E-state index in [1.54, 1.807) is 6.20 Å². The molecule has 0 radical (unpaired) electrons. The highest BCUT2D eigenvalue weighted by Gasteiger charge is 2.20. The highest BCUT2D eigenvalue weighted by molar-refractivity contribution is 5.94. The second kappa shape index (κ2) is 5.48.